The van der Waals surface area contributed by atoms with E-state index in [1.807, 2.05) is 0 Å². The SMILES string of the molecule is CCC(C)(CO)CCN. The van der Waals surface area contributed by atoms with Gasteiger partial charge in [-0.15, -0.1) is 0 Å². The summed E-state index contributed by atoms with van der Waals surface area (Å²) in [6.07, 6.45) is 1.92. The van der Waals surface area contributed by atoms with Crippen LogP contribution < -0.4 is 5.73 Å². The van der Waals surface area contributed by atoms with E-state index in [2.05, 4.69) is 13.8 Å². The first-order chi connectivity index (χ1) is 4.18. The van der Waals surface area contributed by atoms with Gasteiger partial charge in [0.2, 0.25) is 0 Å². The third kappa shape index (κ3) is 2.82. The van der Waals surface area contributed by atoms with Crippen molar-refractivity contribution in [3.05, 3.63) is 0 Å². The minimum atomic E-state index is 0.0642. The molecule has 0 aliphatic rings. The van der Waals surface area contributed by atoms with Gasteiger partial charge in [-0.25, -0.2) is 0 Å². The van der Waals surface area contributed by atoms with Crippen LogP contribution in [0.3, 0.4) is 0 Å². The average Bonchev–Trinajstić information content (AvgIpc) is 1.89. The summed E-state index contributed by atoms with van der Waals surface area (Å²) in [4.78, 5) is 0. The first kappa shape index (κ1) is 8.92. The fourth-order valence-electron chi connectivity index (χ4n) is 0.716. The molecule has 3 N–H and O–H groups in total. The fraction of sp³-hybridized carbons (Fsp3) is 1.00. The molecule has 0 bridgehead atoms. The maximum absolute atomic E-state index is 8.86. The quantitative estimate of drug-likeness (QED) is 0.591. The van der Waals surface area contributed by atoms with Gasteiger partial charge in [0.1, 0.15) is 0 Å². The van der Waals surface area contributed by atoms with Crippen LogP contribution in [0.4, 0.5) is 0 Å². The van der Waals surface area contributed by atoms with Crippen LogP contribution in [0.5, 0.6) is 0 Å². The second-order valence-electron chi connectivity index (χ2n) is 2.86. The van der Waals surface area contributed by atoms with Crippen molar-refractivity contribution >= 4 is 0 Å². The molecule has 0 aromatic carbocycles. The van der Waals surface area contributed by atoms with Crippen molar-refractivity contribution in [2.45, 2.75) is 26.7 Å². The zero-order chi connectivity index (χ0) is 7.33. The normalized spacial score (nSPS) is 17.3. The molecule has 2 heteroatoms. The molecule has 0 saturated heterocycles. The highest BCUT2D eigenvalue weighted by Crippen LogP contribution is 2.23. The Morgan fingerprint density at radius 2 is 2.11 bits per heavy atom. The van der Waals surface area contributed by atoms with E-state index in [1.165, 1.54) is 0 Å². The highest BCUT2D eigenvalue weighted by Gasteiger charge is 2.18. The number of aliphatic hydroxyl groups is 1. The van der Waals surface area contributed by atoms with Crippen molar-refractivity contribution in [1.82, 2.24) is 0 Å². The predicted octanol–water partition coefficient (Wildman–Crippen LogP) is 0.744. The largest absolute Gasteiger partial charge is 0.396 e. The standard InChI is InChI=1S/C7H17NO/c1-3-7(2,6-9)4-5-8/h9H,3-6,8H2,1-2H3. The van der Waals surface area contributed by atoms with Crippen LogP contribution in [0.2, 0.25) is 0 Å². The van der Waals surface area contributed by atoms with Gasteiger partial charge in [-0.1, -0.05) is 13.8 Å². The van der Waals surface area contributed by atoms with Crippen LogP contribution in [0.15, 0.2) is 0 Å². The van der Waals surface area contributed by atoms with E-state index in [0.29, 0.717) is 6.54 Å². The van der Waals surface area contributed by atoms with Crippen LogP contribution in [-0.4, -0.2) is 18.3 Å². The van der Waals surface area contributed by atoms with E-state index < -0.39 is 0 Å². The van der Waals surface area contributed by atoms with E-state index in [4.69, 9.17) is 10.8 Å². The molecule has 0 aliphatic heterocycles. The van der Waals surface area contributed by atoms with E-state index in [1.54, 1.807) is 0 Å². The minimum Gasteiger partial charge on any atom is -0.396 e. The van der Waals surface area contributed by atoms with Gasteiger partial charge in [0, 0.05) is 6.61 Å². The zero-order valence-electron chi connectivity index (χ0n) is 6.35. The fourth-order valence-corrected chi connectivity index (χ4v) is 0.716. The summed E-state index contributed by atoms with van der Waals surface area (Å²) in [6.45, 7) is 5.05. The molecule has 0 rings (SSSR count). The van der Waals surface area contributed by atoms with E-state index in [-0.39, 0.29) is 12.0 Å². The Morgan fingerprint density at radius 3 is 2.22 bits per heavy atom. The van der Waals surface area contributed by atoms with Gasteiger partial charge in [0.25, 0.3) is 0 Å². The molecule has 0 heterocycles. The maximum atomic E-state index is 8.86. The van der Waals surface area contributed by atoms with E-state index >= 15 is 0 Å². The van der Waals surface area contributed by atoms with Gasteiger partial charge in [0.15, 0.2) is 0 Å². The summed E-state index contributed by atoms with van der Waals surface area (Å²) in [5.41, 5.74) is 5.42. The Balaban J connectivity index is 3.62. The van der Waals surface area contributed by atoms with Crippen molar-refractivity contribution in [3.63, 3.8) is 0 Å². The van der Waals surface area contributed by atoms with E-state index in [0.717, 1.165) is 12.8 Å². The molecule has 0 aromatic rings. The van der Waals surface area contributed by atoms with Gasteiger partial charge < -0.3 is 10.8 Å². The third-order valence-electron chi connectivity index (χ3n) is 1.98. The lowest BCUT2D eigenvalue weighted by atomic mass is 9.85. The summed E-state index contributed by atoms with van der Waals surface area (Å²) in [5, 5.41) is 8.86. The summed E-state index contributed by atoms with van der Waals surface area (Å²) >= 11 is 0. The number of hydrogen-bond donors (Lipinski definition) is 2. The van der Waals surface area contributed by atoms with Gasteiger partial charge in [-0.05, 0) is 24.8 Å². The molecule has 0 spiro atoms. The van der Waals surface area contributed by atoms with Crippen LogP contribution in [0.1, 0.15) is 26.7 Å². The number of hydrogen-bond acceptors (Lipinski definition) is 2. The Kier molecular flexibility index (Phi) is 3.82. The Labute approximate surface area is 57.1 Å². The summed E-state index contributed by atoms with van der Waals surface area (Å²) in [6, 6.07) is 0. The number of aliphatic hydroxyl groups excluding tert-OH is 1. The molecule has 0 aromatic heterocycles. The smallest absolute Gasteiger partial charge is 0.0485 e. The second-order valence-corrected chi connectivity index (χ2v) is 2.86. The van der Waals surface area contributed by atoms with Gasteiger partial charge >= 0.3 is 0 Å². The molecule has 0 aliphatic carbocycles. The lowest BCUT2D eigenvalue weighted by molar-refractivity contribution is 0.131. The molecule has 1 atom stereocenters. The lowest BCUT2D eigenvalue weighted by Gasteiger charge is -2.24. The molecule has 0 radical (unpaired) electrons. The predicted molar refractivity (Wildman–Crippen MR) is 39.2 cm³/mol. The molecule has 2 nitrogen and oxygen atoms in total. The number of rotatable bonds is 4. The summed E-state index contributed by atoms with van der Waals surface area (Å²) in [5.74, 6) is 0. The Bertz CT molecular complexity index is 69.3. The average molecular weight is 131 g/mol. The van der Waals surface area contributed by atoms with Gasteiger partial charge in [-0.2, -0.15) is 0 Å². The first-order valence-electron chi connectivity index (χ1n) is 3.49. The highest BCUT2D eigenvalue weighted by molar-refractivity contribution is 4.70. The molecule has 0 saturated carbocycles. The van der Waals surface area contributed by atoms with Crippen molar-refractivity contribution in [1.29, 1.82) is 0 Å². The van der Waals surface area contributed by atoms with E-state index in [9.17, 15) is 0 Å². The number of nitrogens with two attached hydrogens (primary N) is 1. The third-order valence-corrected chi connectivity index (χ3v) is 1.98. The first-order valence-corrected chi connectivity index (χ1v) is 3.49. The van der Waals surface area contributed by atoms with Crippen molar-refractivity contribution in [2.24, 2.45) is 11.1 Å². The minimum absolute atomic E-state index is 0.0642. The van der Waals surface area contributed by atoms with Gasteiger partial charge in [0.05, 0.1) is 0 Å². The summed E-state index contributed by atoms with van der Waals surface area (Å²) in [7, 11) is 0. The molecule has 0 amide bonds. The van der Waals surface area contributed by atoms with Crippen LogP contribution >= 0.6 is 0 Å². The van der Waals surface area contributed by atoms with Gasteiger partial charge in [-0.3, -0.25) is 0 Å². The molecule has 1 unspecified atom stereocenters. The molecule has 56 valence electrons. The topological polar surface area (TPSA) is 46.2 Å². The van der Waals surface area contributed by atoms with Crippen molar-refractivity contribution in [3.8, 4) is 0 Å². The molecule has 9 heavy (non-hydrogen) atoms. The van der Waals surface area contributed by atoms with Crippen LogP contribution in [0.25, 0.3) is 0 Å². The second kappa shape index (κ2) is 3.85. The Morgan fingerprint density at radius 1 is 1.56 bits per heavy atom. The Hall–Kier alpha value is -0.0800. The monoisotopic (exact) mass is 131 g/mol. The summed E-state index contributed by atoms with van der Waals surface area (Å²) < 4.78 is 0. The van der Waals surface area contributed by atoms with Crippen molar-refractivity contribution in [2.75, 3.05) is 13.2 Å². The maximum Gasteiger partial charge on any atom is 0.0485 e. The molecular weight excluding hydrogens is 114 g/mol. The van der Waals surface area contributed by atoms with Crippen LogP contribution in [0, 0.1) is 5.41 Å². The van der Waals surface area contributed by atoms with Crippen LogP contribution in [-0.2, 0) is 0 Å². The lowest BCUT2D eigenvalue weighted by Crippen LogP contribution is -2.23. The van der Waals surface area contributed by atoms with Crippen molar-refractivity contribution < 1.29 is 5.11 Å². The molecular formula is C7H17NO. The molecule has 0 fully saturated rings. The zero-order valence-corrected chi connectivity index (χ0v) is 6.35. The highest BCUT2D eigenvalue weighted by atomic mass is 16.3.